The average Bonchev–Trinajstić information content (AvgIpc) is 2.56. The largest absolute Gasteiger partial charge is 0.459 e. The Kier molecular flexibility index (Phi) is 6.29. The van der Waals surface area contributed by atoms with Crippen molar-refractivity contribution in [2.45, 2.75) is 19.1 Å². The van der Waals surface area contributed by atoms with Crippen molar-refractivity contribution in [2.75, 3.05) is 12.0 Å². The van der Waals surface area contributed by atoms with Crippen molar-refractivity contribution in [1.82, 2.24) is 5.32 Å². The first-order chi connectivity index (χ1) is 11.1. The van der Waals surface area contributed by atoms with E-state index in [0.29, 0.717) is 6.42 Å². The fourth-order valence-corrected chi connectivity index (χ4v) is 2.80. The van der Waals surface area contributed by atoms with Gasteiger partial charge in [-0.25, -0.2) is 9.59 Å². The first kappa shape index (κ1) is 17.1. The predicted molar refractivity (Wildman–Crippen MR) is 93.3 cm³/mol. The van der Waals surface area contributed by atoms with Crippen LogP contribution in [0.3, 0.4) is 0 Å². The number of rotatable bonds is 7. The van der Waals surface area contributed by atoms with Crippen LogP contribution in [0.15, 0.2) is 42.5 Å². The third kappa shape index (κ3) is 4.89. The Balaban J connectivity index is 2.04. The molecule has 122 valence electrons. The molecule has 6 heteroatoms. The number of benzene rings is 2. The summed E-state index contributed by atoms with van der Waals surface area (Å²) < 4.78 is 5.38. The van der Waals surface area contributed by atoms with Gasteiger partial charge in [0.05, 0.1) is 0 Å². The summed E-state index contributed by atoms with van der Waals surface area (Å²) >= 11 is 1.59. The Morgan fingerprint density at radius 3 is 2.70 bits per heavy atom. The highest BCUT2D eigenvalue weighted by Crippen LogP contribution is 2.19. The second-order valence-corrected chi connectivity index (χ2v) is 6.07. The van der Waals surface area contributed by atoms with Crippen LogP contribution < -0.4 is 11.1 Å². The van der Waals surface area contributed by atoms with Gasteiger partial charge in [0.2, 0.25) is 0 Å². The number of esters is 1. The summed E-state index contributed by atoms with van der Waals surface area (Å²) in [6, 6.07) is 12.3. The van der Waals surface area contributed by atoms with E-state index in [1.165, 1.54) is 0 Å². The number of primary amides is 1. The number of nitrogens with one attached hydrogen (secondary N) is 1. The molecule has 0 unspecified atom stereocenters. The molecule has 0 aliphatic carbocycles. The van der Waals surface area contributed by atoms with Gasteiger partial charge in [-0.2, -0.15) is 11.8 Å². The molecule has 3 N–H and O–H groups in total. The number of thioether (sulfide) groups is 1. The Morgan fingerprint density at radius 1 is 1.22 bits per heavy atom. The van der Waals surface area contributed by atoms with Gasteiger partial charge in [-0.1, -0.05) is 42.5 Å². The summed E-state index contributed by atoms with van der Waals surface area (Å²) in [5.74, 6) is 0.264. The van der Waals surface area contributed by atoms with Gasteiger partial charge < -0.3 is 15.8 Å². The molecule has 0 saturated heterocycles. The lowest BCUT2D eigenvalue weighted by Crippen LogP contribution is -2.44. The maximum atomic E-state index is 12.2. The van der Waals surface area contributed by atoms with E-state index in [1.54, 1.807) is 11.8 Å². The standard InChI is InChI=1S/C17H20N2O3S/c1-23-10-9-15(19-17(18)21)16(20)22-11-13-7-4-6-12-5-2-3-8-14(12)13/h2-8,15H,9-11H2,1H3,(H3,18,19,21)/t15-/m0/s1. The number of hydrogen-bond acceptors (Lipinski definition) is 4. The highest BCUT2D eigenvalue weighted by molar-refractivity contribution is 7.98. The predicted octanol–water partition coefficient (Wildman–Crippen LogP) is 2.67. The molecule has 0 fully saturated rings. The number of carbonyl (C=O) groups is 2. The molecule has 5 nitrogen and oxygen atoms in total. The molecule has 0 saturated carbocycles. The Morgan fingerprint density at radius 2 is 1.96 bits per heavy atom. The van der Waals surface area contributed by atoms with E-state index in [0.717, 1.165) is 22.1 Å². The molecule has 23 heavy (non-hydrogen) atoms. The van der Waals surface area contributed by atoms with Crippen molar-refractivity contribution in [2.24, 2.45) is 5.73 Å². The van der Waals surface area contributed by atoms with E-state index in [2.05, 4.69) is 5.32 Å². The molecular formula is C17H20N2O3S. The Labute approximate surface area is 139 Å². The average molecular weight is 332 g/mol. The Hall–Kier alpha value is -2.21. The van der Waals surface area contributed by atoms with Gasteiger partial charge in [0.15, 0.2) is 0 Å². The summed E-state index contributed by atoms with van der Waals surface area (Å²) in [7, 11) is 0. The summed E-state index contributed by atoms with van der Waals surface area (Å²) in [5.41, 5.74) is 6.05. The zero-order valence-corrected chi connectivity index (χ0v) is 13.8. The zero-order chi connectivity index (χ0) is 16.7. The monoisotopic (exact) mass is 332 g/mol. The number of fused-ring (bicyclic) bond motifs is 1. The summed E-state index contributed by atoms with van der Waals surface area (Å²) in [6.07, 6.45) is 2.42. The molecular weight excluding hydrogens is 312 g/mol. The van der Waals surface area contributed by atoms with Crippen molar-refractivity contribution in [3.05, 3.63) is 48.0 Å². The first-order valence-corrected chi connectivity index (χ1v) is 8.69. The molecule has 2 amide bonds. The molecule has 2 aromatic rings. The van der Waals surface area contributed by atoms with E-state index in [-0.39, 0.29) is 6.61 Å². The SMILES string of the molecule is CSCC[C@H](NC(N)=O)C(=O)OCc1cccc2ccccc12. The highest BCUT2D eigenvalue weighted by atomic mass is 32.2. The molecule has 0 aliphatic rings. The molecule has 0 heterocycles. The number of amides is 2. The third-order valence-corrected chi connectivity index (χ3v) is 4.11. The first-order valence-electron chi connectivity index (χ1n) is 7.30. The van der Waals surface area contributed by atoms with Crippen LogP contribution >= 0.6 is 11.8 Å². The minimum absolute atomic E-state index is 0.163. The molecule has 0 spiro atoms. The maximum absolute atomic E-state index is 12.2. The lowest BCUT2D eigenvalue weighted by atomic mass is 10.1. The summed E-state index contributed by atoms with van der Waals surface area (Å²) in [5, 5.41) is 4.58. The topological polar surface area (TPSA) is 81.4 Å². The second kappa shape index (κ2) is 8.43. The molecule has 0 aliphatic heterocycles. The minimum atomic E-state index is -0.724. The molecule has 2 rings (SSSR count). The fraction of sp³-hybridized carbons (Fsp3) is 0.294. The van der Waals surface area contributed by atoms with Crippen molar-refractivity contribution in [3.63, 3.8) is 0 Å². The van der Waals surface area contributed by atoms with E-state index >= 15 is 0 Å². The number of hydrogen-bond donors (Lipinski definition) is 2. The summed E-state index contributed by atoms with van der Waals surface area (Å²) in [4.78, 5) is 23.2. The van der Waals surface area contributed by atoms with E-state index in [9.17, 15) is 9.59 Å². The highest BCUT2D eigenvalue weighted by Gasteiger charge is 2.21. The fourth-order valence-electron chi connectivity index (χ4n) is 2.32. The van der Waals surface area contributed by atoms with Gasteiger partial charge in [0, 0.05) is 0 Å². The van der Waals surface area contributed by atoms with Crippen LogP contribution in [0.25, 0.3) is 10.8 Å². The molecule has 0 radical (unpaired) electrons. The second-order valence-electron chi connectivity index (χ2n) is 5.09. The van der Waals surface area contributed by atoms with Crippen molar-refractivity contribution in [3.8, 4) is 0 Å². The van der Waals surface area contributed by atoms with Crippen LogP contribution in [0.4, 0.5) is 4.79 Å². The number of carbonyl (C=O) groups excluding carboxylic acids is 2. The lowest BCUT2D eigenvalue weighted by Gasteiger charge is -2.16. The van der Waals surface area contributed by atoms with Crippen molar-refractivity contribution in [1.29, 1.82) is 0 Å². The van der Waals surface area contributed by atoms with Gasteiger partial charge in [0.25, 0.3) is 0 Å². The van der Waals surface area contributed by atoms with Crippen LogP contribution in [0.1, 0.15) is 12.0 Å². The van der Waals surface area contributed by atoms with Crippen LogP contribution in [-0.4, -0.2) is 30.1 Å². The smallest absolute Gasteiger partial charge is 0.329 e. The van der Waals surface area contributed by atoms with E-state index < -0.39 is 18.0 Å². The lowest BCUT2D eigenvalue weighted by molar-refractivity contribution is -0.147. The number of nitrogens with two attached hydrogens (primary N) is 1. The molecule has 0 aromatic heterocycles. The maximum Gasteiger partial charge on any atom is 0.329 e. The van der Waals surface area contributed by atoms with Crippen LogP contribution in [-0.2, 0) is 16.1 Å². The van der Waals surface area contributed by atoms with Gasteiger partial charge in [0.1, 0.15) is 12.6 Å². The number of urea groups is 1. The minimum Gasteiger partial charge on any atom is -0.459 e. The normalized spacial score (nSPS) is 11.9. The Bertz CT molecular complexity index is 685. The number of ether oxygens (including phenoxy) is 1. The summed E-state index contributed by atoms with van der Waals surface area (Å²) in [6.45, 7) is 0.163. The van der Waals surface area contributed by atoms with Gasteiger partial charge >= 0.3 is 12.0 Å². The van der Waals surface area contributed by atoms with Crippen molar-refractivity contribution < 1.29 is 14.3 Å². The quantitative estimate of drug-likeness (QED) is 0.764. The van der Waals surface area contributed by atoms with E-state index in [4.69, 9.17) is 10.5 Å². The molecule has 0 bridgehead atoms. The molecule has 2 aromatic carbocycles. The zero-order valence-electron chi connectivity index (χ0n) is 13.0. The van der Waals surface area contributed by atoms with E-state index in [1.807, 2.05) is 48.7 Å². The molecule has 1 atom stereocenters. The van der Waals surface area contributed by atoms with Gasteiger partial charge in [-0.15, -0.1) is 0 Å². The van der Waals surface area contributed by atoms with Crippen LogP contribution in [0.5, 0.6) is 0 Å². The van der Waals surface area contributed by atoms with Gasteiger partial charge in [-0.3, -0.25) is 0 Å². The third-order valence-electron chi connectivity index (χ3n) is 3.46. The van der Waals surface area contributed by atoms with Crippen LogP contribution in [0, 0.1) is 0 Å². The van der Waals surface area contributed by atoms with Crippen molar-refractivity contribution >= 4 is 34.5 Å². The van der Waals surface area contributed by atoms with Crippen LogP contribution in [0.2, 0.25) is 0 Å². The van der Waals surface area contributed by atoms with Gasteiger partial charge in [-0.05, 0) is 34.8 Å².